The van der Waals surface area contributed by atoms with Crippen LogP contribution >= 0.6 is 11.6 Å². The molecule has 1 amide bonds. The van der Waals surface area contributed by atoms with Gasteiger partial charge in [-0.2, -0.15) is 0 Å². The summed E-state index contributed by atoms with van der Waals surface area (Å²) in [6.45, 7) is 0.532. The Morgan fingerprint density at radius 1 is 1.33 bits per heavy atom. The molecule has 0 aliphatic rings. The van der Waals surface area contributed by atoms with Gasteiger partial charge in [0.15, 0.2) is 6.54 Å². The van der Waals surface area contributed by atoms with E-state index in [9.17, 15) is 19.3 Å². The zero-order valence-electron chi connectivity index (χ0n) is 12.9. The van der Waals surface area contributed by atoms with Crippen molar-refractivity contribution in [3.8, 4) is 0 Å². The lowest BCUT2D eigenvalue weighted by atomic mass is 10.2. The van der Waals surface area contributed by atoms with Crippen molar-refractivity contribution < 1.29 is 19.0 Å². The summed E-state index contributed by atoms with van der Waals surface area (Å²) in [6.07, 6.45) is 0. The number of anilines is 1. The van der Waals surface area contributed by atoms with E-state index >= 15 is 0 Å². The number of quaternary nitrogens is 1. The molecule has 126 valence electrons. The number of hydrogen-bond acceptors (Lipinski definition) is 3. The first-order valence-electron chi connectivity index (χ1n) is 7.14. The smallest absolute Gasteiger partial charge is 0.294 e. The largest absolute Gasteiger partial charge is 0.326 e. The molecule has 0 fully saturated rings. The number of hydrogen-bond donors (Lipinski definition) is 2. The molecule has 0 saturated carbocycles. The highest BCUT2D eigenvalue weighted by molar-refractivity contribution is 6.31. The van der Waals surface area contributed by atoms with Gasteiger partial charge in [-0.25, -0.2) is 4.39 Å². The van der Waals surface area contributed by atoms with E-state index < -0.39 is 4.92 Å². The summed E-state index contributed by atoms with van der Waals surface area (Å²) < 4.78 is 13.2. The van der Waals surface area contributed by atoms with E-state index in [0.29, 0.717) is 6.54 Å². The van der Waals surface area contributed by atoms with Crippen LogP contribution in [0.25, 0.3) is 0 Å². The molecule has 8 heteroatoms. The van der Waals surface area contributed by atoms with E-state index in [1.807, 2.05) is 0 Å². The van der Waals surface area contributed by atoms with Crippen molar-refractivity contribution in [2.24, 2.45) is 0 Å². The molecular formula is C16H16ClFN3O3+. The third-order valence-corrected chi connectivity index (χ3v) is 3.52. The summed E-state index contributed by atoms with van der Waals surface area (Å²) >= 11 is 5.73. The van der Waals surface area contributed by atoms with E-state index in [1.54, 1.807) is 19.2 Å². The highest BCUT2D eigenvalue weighted by Crippen LogP contribution is 2.27. The molecule has 2 rings (SSSR count). The van der Waals surface area contributed by atoms with E-state index in [4.69, 9.17) is 11.6 Å². The molecule has 24 heavy (non-hydrogen) atoms. The number of nitrogens with one attached hydrogen (secondary N) is 2. The van der Waals surface area contributed by atoms with E-state index in [1.165, 1.54) is 30.3 Å². The van der Waals surface area contributed by atoms with Crippen LogP contribution in [0.4, 0.5) is 15.8 Å². The highest BCUT2D eigenvalue weighted by Gasteiger charge is 2.18. The first kappa shape index (κ1) is 17.8. The number of rotatable bonds is 6. The zero-order valence-corrected chi connectivity index (χ0v) is 13.6. The van der Waals surface area contributed by atoms with Crippen molar-refractivity contribution in [2.45, 2.75) is 6.54 Å². The second kappa shape index (κ2) is 7.85. The van der Waals surface area contributed by atoms with E-state index in [-0.39, 0.29) is 34.7 Å². The monoisotopic (exact) mass is 352 g/mol. The minimum atomic E-state index is -0.606. The number of carbonyl (C=O) groups is 1. The Kier molecular flexibility index (Phi) is 5.83. The Labute approximate surface area is 143 Å². The number of carbonyl (C=O) groups excluding carboxylic acids is 1. The van der Waals surface area contributed by atoms with Crippen LogP contribution in [0.3, 0.4) is 0 Å². The van der Waals surface area contributed by atoms with Gasteiger partial charge in [-0.1, -0.05) is 23.7 Å². The second-order valence-corrected chi connectivity index (χ2v) is 5.84. The minimum Gasteiger partial charge on any atom is -0.326 e. The third-order valence-electron chi connectivity index (χ3n) is 3.29. The number of amides is 1. The molecule has 1 atom stereocenters. The molecule has 0 saturated heterocycles. The molecule has 0 heterocycles. The second-order valence-electron chi connectivity index (χ2n) is 5.41. The van der Waals surface area contributed by atoms with Gasteiger partial charge < -0.3 is 10.2 Å². The number of halogens is 2. The van der Waals surface area contributed by atoms with Gasteiger partial charge in [-0.15, -0.1) is 0 Å². The average Bonchev–Trinajstić information content (AvgIpc) is 2.48. The van der Waals surface area contributed by atoms with Gasteiger partial charge in [-0.05, 0) is 24.3 Å². The average molecular weight is 353 g/mol. The van der Waals surface area contributed by atoms with Crippen LogP contribution in [0.15, 0.2) is 42.5 Å². The fraction of sp³-hybridized carbons (Fsp3) is 0.188. The standard InChI is InChI=1S/C16H15ClFN3O3/c1-20(9-11-3-2-4-13(18)7-11)10-16(22)19-14-6-5-12(17)8-15(14)21(23)24/h2-8H,9-10H2,1H3,(H,19,22)/p+1. The lowest BCUT2D eigenvalue weighted by Crippen LogP contribution is -3.08. The molecule has 0 aliphatic carbocycles. The first-order valence-corrected chi connectivity index (χ1v) is 7.52. The zero-order chi connectivity index (χ0) is 17.7. The molecule has 1 unspecified atom stereocenters. The van der Waals surface area contributed by atoms with Gasteiger partial charge >= 0.3 is 0 Å². The molecule has 2 aromatic rings. The number of nitro groups is 1. The molecule has 0 radical (unpaired) electrons. The number of benzene rings is 2. The quantitative estimate of drug-likeness (QED) is 0.617. The van der Waals surface area contributed by atoms with Crippen LogP contribution in [0.5, 0.6) is 0 Å². The lowest BCUT2D eigenvalue weighted by molar-refractivity contribution is -0.885. The fourth-order valence-corrected chi connectivity index (χ4v) is 2.45. The van der Waals surface area contributed by atoms with Crippen molar-refractivity contribution in [3.05, 3.63) is 69.0 Å². The van der Waals surface area contributed by atoms with Crippen molar-refractivity contribution in [1.82, 2.24) is 0 Å². The number of likely N-dealkylation sites (N-methyl/N-ethyl adjacent to an activating group) is 1. The summed E-state index contributed by atoms with van der Waals surface area (Å²) in [6, 6.07) is 10.2. The first-order chi connectivity index (χ1) is 11.3. The fourth-order valence-electron chi connectivity index (χ4n) is 2.29. The van der Waals surface area contributed by atoms with E-state index in [0.717, 1.165) is 10.5 Å². The Morgan fingerprint density at radius 3 is 2.75 bits per heavy atom. The molecule has 6 nitrogen and oxygen atoms in total. The van der Waals surface area contributed by atoms with Crippen molar-refractivity contribution in [1.29, 1.82) is 0 Å². The highest BCUT2D eigenvalue weighted by atomic mass is 35.5. The van der Waals surface area contributed by atoms with Crippen LogP contribution in [-0.4, -0.2) is 24.4 Å². The maximum absolute atomic E-state index is 13.2. The molecule has 0 spiro atoms. The summed E-state index contributed by atoms with van der Waals surface area (Å²) in [7, 11) is 1.78. The van der Waals surface area contributed by atoms with Gasteiger partial charge in [0, 0.05) is 16.7 Å². The topological polar surface area (TPSA) is 76.7 Å². The molecule has 2 N–H and O–H groups in total. The van der Waals surface area contributed by atoms with Crippen molar-refractivity contribution >= 4 is 28.9 Å². The summed E-state index contributed by atoms with van der Waals surface area (Å²) in [5.41, 5.74) is 0.587. The summed E-state index contributed by atoms with van der Waals surface area (Å²) in [4.78, 5) is 23.3. The van der Waals surface area contributed by atoms with Gasteiger partial charge in [0.2, 0.25) is 0 Å². The van der Waals surface area contributed by atoms with E-state index in [2.05, 4.69) is 5.32 Å². The maximum Gasteiger partial charge on any atom is 0.294 e. The van der Waals surface area contributed by atoms with Crippen LogP contribution in [0, 0.1) is 15.9 Å². The van der Waals surface area contributed by atoms with Crippen LogP contribution < -0.4 is 10.2 Å². The Balaban J connectivity index is 1.99. The SMILES string of the molecule is C[NH+](CC(=O)Nc1ccc(Cl)cc1[N+](=O)[O-])Cc1cccc(F)c1. The van der Waals surface area contributed by atoms with Gasteiger partial charge in [0.1, 0.15) is 18.0 Å². The summed E-state index contributed by atoms with van der Waals surface area (Å²) in [5, 5.41) is 13.7. The third kappa shape index (κ3) is 5.00. The number of nitro benzene ring substituents is 1. The van der Waals surface area contributed by atoms with Crippen LogP contribution in [-0.2, 0) is 11.3 Å². The van der Waals surface area contributed by atoms with Crippen LogP contribution in [0.2, 0.25) is 5.02 Å². The predicted octanol–water partition coefficient (Wildman–Crippen LogP) is 2.04. The minimum absolute atomic E-state index is 0.0797. The Hall–Kier alpha value is -2.51. The molecule has 0 aliphatic heterocycles. The molecular weight excluding hydrogens is 337 g/mol. The molecule has 0 aromatic heterocycles. The Bertz CT molecular complexity index is 770. The lowest BCUT2D eigenvalue weighted by Gasteiger charge is -2.14. The van der Waals surface area contributed by atoms with Gasteiger partial charge in [0.25, 0.3) is 11.6 Å². The molecule has 0 bridgehead atoms. The van der Waals surface area contributed by atoms with Gasteiger partial charge in [-0.3, -0.25) is 14.9 Å². The van der Waals surface area contributed by atoms with Crippen LogP contribution in [0.1, 0.15) is 5.56 Å². The van der Waals surface area contributed by atoms with Crippen molar-refractivity contribution in [2.75, 3.05) is 18.9 Å². The number of nitrogens with zero attached hydrogens (tertiary/aromatic N) is 1. The molecule has 2 aromatic carbocycles. The normalized spacial score (nSPS) is 11.8. The Morgan fingerprint density at radius 2 is 2.08 bits per heavy atom. The van der Waals surface area contributed by atoms with Gasteiger partial charge in [0.05, 0.1) is 12.0 Å². The van der Waals surface area contributed by atoms with Crippen molar-refractivity contribution in [3.63, 3.8) is 0 Å². The predicted molar refractivity (Wildman–Crippen MR) is 88.6 cm³/mol. The summed E-state index contributed by atoms with van der Waals surface area (Å²) in [5.74, 6) is -0.712. The maximum atomic E-state index is 13.2.